The highest BCUT2D eigenvalue weighted by atomic mass is 35.5. The minimum Gasteiger partial charge on any atom is -0.481 e. The third-order valence-electron chi connectivity index (χ3n) is 16.0. The standard InChI is InChI=1S/C35H46Cl2N4O4.C32H41Cl2N3O3/c1-33(2,3)13-11-28(23-7-9-24(10-8-23)31(44)38-16-12-29(42)43)41-32(45)30(25-19-26(36)21-27(37)20-25)39-35(41)14-17-40(18-15-35)22-34(4,5)6;1-30(2,3)12-11-26(21-7-9-22(10-8-21)29(39)40)37-28(38)27(23-17-24(33)19-25(34)18-23)35-32(37)13-15-36(16-14-32)20-31(4,5)6/h7-10,19-21,28H,11-18,22H2,1-6H3,(H,38,44)(H,42,43);7-10,17-19,26H,11-16,20H2,1-6H3,(H,39,40)/t28-;26-/m11/s1. The molecule has 2 spiro atoms. The number of carboxylic acids is 2. The second-order valence-corrected chi connectivity index (χ2v) is 30.2. The zero-order valence-electron chi connectivity index (χ0n) is 51.7. The molecule has 2 fully saturated rings. The highest BCUT2D eigenvalue weighted by Gasteiger charge is 2.54. The normalized spacial score (nSPS) is 18.3. The fraction of sp³-hybridized carbons (Fsp3) is 0.537. The van der Waals surface area contributed by atoms with Crippen LogP contribution in [0, 0.1) is 21.7 Å². The molecule has 0 aromatic heterocycles. The van der Waals surface area contributed by atoms with E-state index in [0.717, 1.165) is 69.7 Å². The number of nitrogens with one attached hydrogen (secondary N) is 1. The summed E-state index contributed by atoms with van der Waals surface area (Å²) in [6.45, 7) is 31.9. The highest BCUT2D eigenvalue weighted by molar-refractivity contribution is 6.48. The Bertz CT molecular complexity index is 3100. The maximum absolute atomic E-state index is 14.6. The smallest absolute Gasteiger partial charge is 0.335 e. The molecule has 85 heavy (non-hydrogen) atoms. The van der Waals surface area contributed by atoms with E-state index in [9.17, 15) is 29.1 Å². The van der Waals surface area contributed by atoms with Gasteiger partial charge in [0.15, 0.2) is 0 Å². The van der Waals surface area contributed by atoms with E-state index in [1.54, 1.807) is 60.7 Å². The fourth-order valence-electron chi connectivity index (χ4n) is 12.2. The maximum Gasteiger partial charge on any atom is 0.335 e. The summed E-state index contributed by atoms with van der Waals surface area (Å²) in [6, 6.07) is 24.0. The molecule has 0 radical (unpaired) electrons. The molecule has 0 aliphatic carbocycles. The number of amides is 3. The maximum atomic E-state index is 14.6. The number of likely N-dealkylation sites (tertiary alicyclic amines) is 2. The van der Waals surface area contributed by atoms with Gasteiger partial charge >= 0.3 is 11.9 Å². The van der Waals surface area contributed by atoms with Gasteiger partial charge in [-0.25, -0.2) is 4.79 Å². The molecule has 2 atom stereocenters. The first-order valence-corrected chi connectivity index (χ1v) is 31.2. The number of halogens is 4. The number of rotatable bonds is 17. The molecule has 0 unspecified atom stereocenters. The van der Waals surface area contributed by atoms with E-state index in [2.05, 4.69) is 98.2 Å². The first-order valence-electron chi connectivity index (χ1n) is 29.7. The van der Waals surface area contributed by atoms with Gasteiger partial charge in [0.25, 0.3) is 17.7 Å². The lowest BCUT2D eigenvalue weighted by molar-refractivity contribution is -0.137. The average Bonchev–Trinajstić information content (AvgIpc) is 1.69. The number of hydrogen-bond donors (Lipinski definition) is 3. The Kier molecular flexibility index (Phi) is 21.3. The fourth-order valence-corrected chi connectivity index (χ4v) is 13.2. The lowest BCUT2D eigenvalue weighted by Crippen LogP contribution is -2.55. The predicted molar refractivity (Wildman–Crippen MR) is 343 cm³/mol. The molecule has 2 saturated heterocycles. The number of aromatic carboxylic acids is 1. The summed E-state index contributed by atoms with van der Waals surface area (Å²) < 4.78 is 0. The van der Waals surface area contributed by atoms with Crippen molar-refractivity contribution in [2.45, 2.75) is 164 Å². The monoisotopic (exact) mass is 1240 g/mol. The molecule has 14 nitrogen and oxygen atoms in total. The van der Waals surface area contributed by atoms with Crippen molar-refractivity contribution in [2.75, 3.05) is 45.8 Å². The van der Waals surface area contributed by atoms with Crippen molar-refractivity contribution in [1.29, 1.82) is 0 Å². The molecule has 18 heteroatoms. The van der Waals surface area contributed by atoms with Crippen molar-refractivity contribution in [1.82, 2.24) is 24.9 Å². The zero-order chi connectivity index (χ0) is 62.6. The quantitative estimate of drug-likeness (QED) is 0.0929. The lowest BCUT2D eigenvalue weighted by atomic mass is 9.84. The first-order chi connectivity index (χ1) is 39.5. The summed E-state index contributed by atoms with van der Waals surface area (Å²) in [5.74, 6) is -2.56. The van der Waals surface area contributed by atoms with Gasteiger partial charge in [0.2, 0.25) is 0 Å². The highest BCUT2D eigenvalue weighted by Crippen LogP contribution is 2.47. The van der Waals surface area contributed by atoms with Crippen LogP contribution in [0.4, 0.5) is 0 Å². The topological polar surface area (TPSA) is 176 Å². The van der Waals surface area contributed by atoms with Gasteiger partial charge in [-0.2, -0.15) is 0 Å². The predicted octanol–water partition coefficient (Wildman–Crippen LogP) is 15.0. The van der Waals surface area contributed by atoms with Crippen molar-refractivity contribution in [3.63, 3.8) is 0 Å². The van der Waals surface area contributed by atoms with Crippen LogP contribution >= 0.6 is 46.4 Å². The van der Waals surface area contributed by atoms with Crippen LogP contribution in [0.15, 0.2) is 94.9 Å². The largest absolute Gasteiger partial charge is 0.481 e. The van der Waals surface area contributed by atoms with E-state index in [1.165, 1.54) is 0 Å². The molecule has 0 saturated carbocycles. The van der Waals surface area contributed by atoms with E-state index in [-0.39, 0.29) is 70.0 Å². The number of carbonyl (C=O) groups is 5. The van der Waals surface area contributed by atoms with Gasteiger partial charge in [-0.15, -0.1) is 0 Å². The molecule has 4 aromatic rings. The number of aliphatic imine (C=N–C) groups is 2. The van der Waals surface area contributed by atoms with E-state index < -0.39 is 23.3 Å². The number of carbonyl (C=O) groups excluding carboxylic acids is 3. The van der Waals surface area contributed by atoms with Crippen LogP contribution in [-0.2, 0) is 14.4 Å². The Hall–Kier alpha value is -5.35. The molecular weight excluding hydrogens is 1160 g/mol. The summed E-state index contributed by atoms with van der Waals surface area (Å²) in [5.41, 5.74) is 3.45. The van der Waals surface area contributed by atoms with Crippen LogP contribution in [0.5, 0.6) is 0 Å². The van der Waals surface area contributed by atoms with E-state index >= 15 is 0 Å². The van der Waals surface area contributed by atoms with Crippen LogP contribution in [0.2, 0.25) is 20.1 Å². The Morgan fingerprint density at radius 3 is 1.18 bits per heavy atom. The van der Waals surface area contributed by atoms with Crippen LogP contribution in [0.25, 0.3) is 0 Å². The average molecular weight is 1240 g/mol. The van der Waals surface area contributed by atoms with E-state index in [1.807, 2.05) is 34.1 Å². The molecule has 3 N–H and O–H groups in total. The molecule has 8 rings (SSSR count). The van der Waals surface area contributed by atoms with Gasteiger partial charge < -0.3 is 35.1 Å². The number of nitrogens with zero attached hydrogens (tertiary/aromatic N) is 6. The van der Waals surface area contributed by atoms with Gasteiger partial charge in [-0.3, -0.25) is 29.2 Å². The van der Waals surface area contributed by atoms with Crippen LogP contribution < -0.4 is 5.32 Å². The second kappa shape index (κ2) is 27.0. The SMILES string of the molecule is CC(C)(C)CC[C@H](c1ccc(C(=O)NCCC(=O)O)cc1)N1C(=O)C(c2cc(Cl)cc(Cl)c2)=NC12CCN(CC(C)(C)C)CC2.CC(C)(C)CC[C@H](c1ccc(C(=O)O)cc1)N1C(=O)C(c2cc(Cl)cc(Cl)c2)=NC12CCN(CC(C)(C)C)CC2. The van der Waals surface area contributed by atoms with Crippen molar-refractivity contribution in [3.8, 4) is 0 Å². The minimum atomic E-state index is -0.971. The number of carboxylic acid groups (broad SMARTS) is 2. The van der Waals surface area contributed by atoms with Crippen LogP contribution in [-0.4, -0.2) is 128 Å². The zero-order valence-corrected chi connectivity index (χ0v) is 54.7. The first kappa shape index (κ1) is 67.2. The van der Waals surface area contributed by atoms with Crippen LogP contribution in [0.1, 0.15) is 196 Å². The van der Waals surface area contributed by atoms with Gasteiger partial charge in [0.05, 0.1) is 24.1 Å². The molecule has 460 valence electrons. The number of aliphatic carboxylic acids is 1. The molecule has 4 aromatic carbocycles. The summed E-state index contributed by atoms with van der Waals surface area (Å²) in [5, 5.41) is 22.8. The Morgan fingerprint density at radius 1 is 0.529 bits per heavy atom. The van der Waals surface area contributed by atoms with Gasteiger partial charge in [-0.05, 0) is 119 Å². The van der Waals surface area contributed by atoms with E-state index in [4.69, 9.17) is 61.5 Å². The molecule has 4 aliphatic rings. The number of hydrogen-bond acceptors (Lipinski definition) is 9. The molecular formula is C67H87Cl4N7O7. The molecule has 4 aliphatic heterocycles. The molecule has 4 heterocycles. The van der Waals surface area contributed by atoms with Crippen molar-refractivity contribution < 1.29 is 34.2 Å². The van der Waals surface area contributed by atoms with Crippen molar-refractivity contribution in [2.24, 2.45) is 31.6 Å². The van der Waals surface area contributed by atoms with Crippen LogP contribution in [0.3, 0.4) is 0 Å². The molecule has 0 bridgehead atoms. The van der Waals surface area contributed by atoms with E-state index in [0.29, 0.717) is 80.3 Å². The summed E-state index contributed by atoms with van der Waals surface area (Å²) >= 11 is 25.5. The lowest BCUT2D eigenvalue weighted by Gasteiger charge is -2.47. The van der Waals surface area contributed by atoms with Crippen molar-refractivity contribution >= 4 is 87.5 Å². The second-order valence-electron chi connectivity index (χ2n) is 28.4. The summed E-state index contributed by atoms with van der Waals surface area (Å²) in [7, 11) is 0. The molecule has 3 amide bonds. The third kappa shape index (κ3) is 17.9. The minimum absolute atomic E-state index is 0.0262. The van der Waals surface area contributed by atoms with Crippen molar-refractivity contribution in [3.05, 3.63) is 138 Å². The van der Waals surface area contributed by atoms with Gasteiger partial charge in [-0.1, -0.05) is 154 Å². The van der Waals surface area contributed by atoms with Gasteiger partial charge in [0, 0.05) is 108 Å². The number of piperidine rings is 2. The summed E-state index contributed by atoms with van der Waals surface area (Å²) in [6.07, 6.45) is 5.87. The third-order valence-corrected chi connectivity index (χ3v) is 16.9. The summed E-state index contributed by atoms with van der Waals surface area (Å²) in [4.78, 5) is 83.5. The van der Waals surface area contributed by atoms with Gasteiger partial charge in [0.1, 0.15) is 22.7 Å². The Labute approximate surface area is 523 Å². The Morgan fingerprint density at radius 2 is 0.871 bits per heavy atom. The Balaban J connectivity index is 0.000000245. The number of benzene rings is 4.